The van der Waals surface area contributed by atoms with Crippen LogP contribution in [0.2, 0.25) is 0 Å². The summed E-state index contributed by atoms with van der Waals surface area (Å²) in [6.07, 6.45) is 4.18. The van der Waals surface area contributed by atoms with Crippen molar-refractivity contribution < 1.29 is 4.79 Å². The van der Waals surface area contributed by atoms with E-state index in [1.54, 1.807) is 4.57 Å². The Hall–Kier alpha value is -1.87. The molecule has 27 heavy (non-hydrogen) atoms. The summed E-state index contributed by atoms with van der Waals surface area (Å²) >= 11 is 2.83. The number of fused-ring (bicyclic) bond motifs is 3. The molecule has 0 N–H and O–H groups in total. The molecule has 0 radical (unpaired) electrons. The first kappa shape index (κ1) is 18.5. The van der Waals surface area contributed by atoms with Gasteiger partial charge in [0.15, 0.2) is 5.16 Å². The van der Waals surface area contributed by atoms with Crippen LogP contribution in [0.3, 0.4) is 0 Å². The summed E-state index contributed by atoms with van der Waals surface area (Å²) in [4.78, 5) is 27.4. The number of piperidine rings is 1. The van der Waals surface area contributed by atoms with Crippen LogP contribution >= 0.6 is 23.1 Å². The molecule has 0 aromatic carbocycles. The second-order valence-corrected chi connectivity index (χ2v) is 8.79. The van der Waals surface area contributed by atoms with Gasteiger partial charge in [0, 0.05) is 19.1 Å². The number of carbonyl (C=O) groups is 1. The van der Waals surface area contributed by atoms with Crippen LogP contribution in [0.25, 0.3) is 16.0 Å². The number of rotatable bonds is 5. The van der Waals surface area contributed by atoms with Crippen molar-refractivity contribution in [3.63, 3.8) is 0 Å². The zero-order chi connectivity index (χ0) is 19.0. The first-order chi connectivity index (χ1) is 13.1. The average Bonchev–Trinajstić information content (AvgIpc) is 3.30. The predicted molar refractivity (Wildman–Crippen MR) is 109 cm³/mol. The fraction of sp³-hybridized carbons (Fsp3) is 0.556. The van der Waals surface area contributed by atoms with E-state index >= 15 is 0 Å². The van der Waals surface area contributed by atoms with Crippen LogP contribution in [-0.4, -0.2) is 48.3 Å². The standard InChI is InChI=1S/C18H23N5O2S2/c1-3-8-22-16(25)15-13(7-10-26-15)23-17(22)19-20-18(23)27-11-14(24)21-9-5-4-6-12(21)2/h7,10,12H,3-6,8-9,11H2,1-2H3. The first-order valence-electron chi connectivity index (χ1n) is 9.39. The number of amides is 1. The average molecular weight is 406 g/mol. The summed E-state index contributed by atoms with van der Waals surface area (Å²) in [5.74, 6) is 1.03. The highest BCUT2D eigenvalue weighted by atomic mass is 32.2. The molecule has 1 aliphatic rings. The van der Waals surface area contributed by atoms with Crippen LogP contribution in [0.5, 0.6) is 0 Å². The van der Waals surface area contributed by atoms with Gasteiger partial charge in [-0.1, -0.05) is 18.7 Å². The Labute approximate surface area is 165 Å². The number of aryl methyl sites for hydroxylation is 1. The molecule has 4 rings (SSSR count). The molecule has 9 heteroatoms. The van der Waals surface area contributed by atoms with Gasteiger partial charge in [0.2, 0.25) is 11.7 Å². The number of nitrogens with zero attached hydrogens (tertiary/aromatic N) is 5. The van der Waals surface area contributed by atoms with Crippen LogP contribution in [-0.2, 0) is 11.3 Å². The lowest BCUT2D eigenvalue weighted by atomic mass is 10.0. The highest BCUT2D eigenvalue weighted by Crippen LogP contribution is 2.25. The lowest BCUT2D eigenvalue weighted by Gasteiger charge is -2.33. The molecule has 3 aromatic rings. The van der Waals surface area contributed by atoms with Crippen molar-refractivity contribution >= 4 is 45.0 Å². The van der Waals surface area contributed by atoms with Crippen molar-refractivity contribution in [1.82, 2.24) is 24.1 Å². The molecule has 0 bridgehead atoms. The summed E-state index contributed by atoms with van der Waals surface area (Å²) in [5, 5.41) is 11.1. The van der Waals surface area contributed by atoms with Crippen molar-refractivity contribution in [3.05, 3.63) is 21.8 Å². The van der Waals surface area contributed by atoms with Gasteiger partial charge < -0.3 is 4.90 Å². The number of hydrogen-bond acceptors (Lipinski definition) is 6. The first-order valence-corrected chi connectivity index (χ1v) is 11.3. The topological polar surface area (TPSA) is 72.5 Å². The second kappa shape index (κ2) is 7.63. The largest absolute Gasteiger partial charge is 0.339 e. The monoisotopic (exact) mass is 405 g/mol. The highest BCUT2D eigenvalue weighted by molar-refractivity contribution is 7.99. The number of aromatic nitrogens is 4. The lowest BCUT2D eigenvalue weighted by molar-refractivity contribution is -0.131. The molecule has 1 aliphatic heterocycles. The summed E-state index contributed by atoms with van der Waals surface area (Å²) in [6.45, 7) is 5.59. The van der Waals surface area contributed by atoms with Crippen molar-refractivity contribution in [2.45, 2.75) is 57.3 Å². The molecule has 144 valence electrons. The van der Waals surface area contributed by atoms with E-state index in [2.05, 4.69) is 17.1 Å². The Morgan fingerprint density at radius 1 is 1.37 bits per heavy atom. The maximum Gasteiger partial charge on any atom is 0.272 e. The molecular weight excluding hydrogens is 382 g/mol. The molecule has 0 saturated carbocycles. The number of likely N-dealkylation sites (tertiary alicyclic amines) is 1. The maximum absolute atomic E-state index is 12.7. The molecule has 1 fully saturated rings. The Kier molecular flexibility index (Phi) is 5.23. The van der Waals surface area contributed by atoms with Gasteiger partial charge >= 0.3 is 0 Å². The van der Waals surface area contributed by atoms with Crippen LogP contribution in [0.4, 0.5) is 0 Å². The van der Waals surface area contributed by atoms with Crippen LogP contribution in [0.1, 0.15) is 39.5 Å². The predicted octanol–water partition coefficient (Wildman–Crippen LogP) is 3.01. The van der Waals surface area contributed by atoms with Crippen LogP contribution < -0.4 is 5.56 Å². The highest BCUT2D eigenvalue weighted by Gasteiger charge is 2.24. The fourth-order valence-corrected chi connectivity index (χ4v) is 5.35. The molecule has 0 spiro atoms. The van der Waals surface area contributed by atoms with Crippen LogP contribution in [0.15, 0.2) is 21.4 Å². The molecule has 7 nitrogen and oxygen atoms in total. The van der Waals surface area contributed by atoms with E-state index in [4.69, 9.17) is 0 Å². The molecule has 1 saturated heterocycles. The minimum Gasteiger partial charge on any atom is -0.339 e. The Morgan fingerprint density at radius 2 is 2.22 bits per heavy atom. The van der Waals surface area contributed by atoms with Gasteiger partial charge in [-0.2, -0.15) is 0 Å². The van der Waals surface area contributed by atoms with E-state index in [0.29, 0.717) is 34.0 Å². The minimum absolute atomic E-state index is 0.0171. The number of thiophene rings is 1. The Balaban J connectivity index is 1.67. The third-order valence-corrected chi connectivity index (χ3v) is 6.88. The van der Waals surface area contributed by atoms with E-state index in [1.807, 2.05) is 27.7 Å². The van der Waals surface area contributed by atoms with Gasteiger partial charge in [-0.15, -0.1) is 21.5 Å². The number of hydrogen-bond donors (Lipinski definition) is 0. The molecule has 1 amide bonds. The van der Waals surface area contributed by atoms with Crippen molar-refractivity contribution in [1.29, 1.82) is 0 Å². The molecular formula is C18H23N5O2S2. The lowest BCUT2D eigenvalue weighted by Crippen LogP contribution is -2.42. The second-order valence-electron chi connectivity index (χ2n) is 6.93. The van der Waals surface area contributed by atoms with E-state index < -0.39 is 0 Å². The maximum atomic E-state index is 12.7. The van der Waals surface area contributed by atoms with E-state index in [1.165, 1.54) is 29.5 Å². The van der Waals surface area contributed by atoms with Crippen LogP contribution in [0, 0.1) is 0 Å². The van der Waals surface area contributed by atoms with Gasteiger partial charge in [-0.25, -0.2) is 0 Å². The van der Waals surface area contributed by atoms with E-state index in [9.17, 15) is 9.59 Å². The molecule has 1 unspecified atom stereocenters. The molecule has 4 heterocycles. The van der Waals surface area contributed by atoms with Gasteiger partial charge in [0.05, 0.1) is 11.3 Å². The molecule has 0 aliphatic carbocycles. The normalized spacial score (nSPS) is 17.9. The van der Waals surface area contributed by atoms with Gasteiger partial charge in [0.25, 0.3) is 5.56 Å². The quantitative estimate of drug-likeness (QED) is 0.610. The van der Waals surface area contributed by atoms with E-state index in [0.717, 1.165) is 31.3 Å². The summed E-state index contributed by atoms with van der Waals surface area (Å²) in [6, 6.07) is 2.23. The van der Waals surface area contributed by atoms with E-state index in [-0.39, 0.29) is 11.5 Å². The molecule has 3 aromatic heterocycles. The zero-order valence-electron chi connectivity index (χ0n) is 15.6. The van der Waals surface area contributed by atoms with Gasteiger partial charge in [0.1, 0.15) is 4.70 Å². The number of carbonyl (C=O) groups excluding carboxylic acids is 1. The summed E-state index contributed by atoms with van der Waals surface area (Å²) in [5.41, 5.74) is 0.801. The summed E-state index contributed by atoms with van der Waals surface area (Å²) in [7, 11) is 0. The molecule has 1 atom stereocenters. The van der Waals surface area contributed by atoms with Crippen molar-refractivity contribution in [2.24, 2.45) is 0 Å². The van der Waals surface area contributed by atoms with Crippen molar-refractivity contribution in [2.75, 3.05) is 12.3 Å². The van der Waals surface area contributed by atoms with Crippen molar-refractivity contribution in [3.8, 4) is 0 Å². The van der Waals surface area contributed by atoms with Gasteiger partial charge in [-0.3, -0.25) is 18.6 Å². The van der Waals surface area contributed by atoms with Gasteiger partial charge in [-0.05, 0) is 44.1 Å². The SMILES string of the molecule is CCCn1c(=O)c2sccc2n2c(SCC(=O)N3CCCCC3C)nnc12. The summed E-state index contributed by atoms with van der Waals surface area (Å²) < 4.78 is 4.30. The minimum atomic E-state index is -0.0171. The Bertz CT molecular complexity index is 1040. The zero-order valence-corrected chi connectivity index (χ0v) is 17.2. The third kappa shape index (κ3) is 3.27. The number of thioether (sulfide) groups is 1. The fourth-order valence-electron chi connectivity index (χ4n) is 3.70. The Morgan fingerprint density at radius 3 is 3.00 bits per heavy atom. The smallest absolute Gasteiger partial charge is 0.272 e. The third-order valence-electron chi connectivity index (χ3n) is 5.08.